The predicted octanol–water partition coefficient (Wildman–Crippen LogP) is 1.80. The molecule has 7 heteroatoms. The number of thioether (sulfide) groups is 1. The Hall–Kier alpha value is -0.820. The second-order valence-corrected chi connectivity index (χ2v) is 4.89. The van der Waals surface area contributed by atoms with Crippen molar-refractivity contribution in [1.29, 1.82) is 0 Å². The molecule has 1 aromatic rings. The smallest absolute Gasteiger partial charge is 0.319 e. The minimum atomic E-state index is -0.192. The molecule has 0 aromatic carbocycles. The highest BCUT2D eigenvalue weighted by Crippen LogP contribution is 2.08. The van der Waals surface area contributed by atoms with E-state index in [1.807, 2.05) is 11.8 Å². The third-order valence-electron chi connectivity index (χ3n) is 1.55. The Morgan fingerprint density at radius 2 is 2.53 bits per heavy atom. The van der Waals surface area contributed by atoms with Crippen molar-refractivity contribution in [3.05, 3.63) is 6.20 Å². The number of amides is 2. The average molecular weight is 246 g/mol. The molecule has 0 saturated carbocycles. The van der Waals surface area contributed by atoms with Crippen LogP contribution in [0.5, 0.6) is 0 Å². The summed E-state index contributed by atoms with van der Waals surface area (Å²) in [7, 11) is 0. The fraction of sp³-hybridized carbons (Fsp3) is 0.625. The summed E-state index contributed by atoms with van der Waals surface area (Å²) in [5, 5.41) is 9.70. The summed E-state index contributed by atoms with van der Waals surface area (Å²) >= 11 is 3.04. The molecule has 0 radical (unpaired) electrons. The topological polar surface area (TPSA) is 66.9 Å². The van der Waals surface area contributed by atoms with Crippen LogP contribution in [-0.2, 0) is 0 Å². The lowest BCUT2D eigenvalue weighted by molar-refractivity contribution is 0.252. The van der Waals surface area contributed by atoms with Gasteiger partial charge < -0.3 is 5.32 Å². The van der Waals surface area contributed by atoms with Crippen molar-refractivity contribution < 1.29 is 4.79 Å². The first-order valence-corrected chi connectivity index (χ1v) is 6.65. The fourth-order valence-electron chi connectivity index (χ4n) is 0.899. The van der Waals surface area contributed by atoms with E-state index in [1.54, 1.807) is 0 Å². The first-order chi connectivity index (χ1) is 7.33. The van der Waals surface area contributed by atoms with Crippen molar-refractivity contribution in [2.45, 2.75) is 13.3 Å². The van der Waals surface area contributed by atoms with Crippen LogP contribution in [0.4, 0.5) is 9.80 Å². The molecule has 0 saturated heterocycles. The van der Waals surface area contributed by atoms with Crippen molar-refractivity contribution in [3.63, 3.8) is 0 Å². The molecule has 0 aliphatic carbocycles. The molecule has 1 rings (SSSR count). The van der Waals surface area contributed by atoms with Gasteiger partial charge in [0.25, 0.3) is 0 Å². The number of carbonyl (C=O) groups is 1. The molecule has 0 unspecified atom stereocenters. The first-order valence-electron chi connectivity index (χ1n) is 4.73. The number of nitrogens with one attached hydrogen (secondary N) is 2. The van der Waals surface area contributed by atoms with E-state index in [0.717, 1.165) is 29.5 Å². The van der Waals surface area contributed by atoms with Crippen molar-refractivity contribution in [3.8, 4) is 0 Å². The molecule has 2 amide bonds. The molecule has 2 N–H and O–H groups in total. The van der Waals surface area contributed by atoms with Gasteiger partial charge in [-0.25, -0.2) is 4.79 Å². The Balaban J connectivity index is 2.04. The van der Waals surface area contributed by atoms with Crippen LogP contribution >= 0.6 is 23.3 Å². The summed E-state index contributed by atoms with van der Waals surface area (Å²) in [4.78, 5) is 11.3. The summed E-state index contributed by atoms with van der Waals surface area (Å²) in [6, 6.07) is -0.192. The zero-order chi connectivity index (χ0) is 10.9. The quantitative estimate of drug-likeness (QED) is 0.751. The number of nitrogens with zero attached hydrogens (tertiary/aromatic N) is 2. The second-order valence-electron chi connectivity index (χ2n) is 2.71. The number of urea groups is 1. The predicted molar refractivity (Wildman–Crippen MR) is 64.5 cm³/mol. The second kappa shape index (κ2) is 7.47. The monoisotopic (exact) mass is 246 g/mol. The van der Waals surface area contributed by atoms with E-state index in [-0.39, 0.29) is 6.03 Å². The Morgan fingerprint density at radius 1 is 1.67 bits per heavy atom. The lowest BCUT2D eigenvalue weighted by Crippen LogP contribution is -2.29. The Morgan fingerprint density at radius 3 is 3.20 bits per heavy atom. The highest BCUT2D eigenvalue weighted by molar-refractivity contribution is 7.99. The van der Waals surface area contributed by atoms with Crippen LogP contribution in [0.2, 0.25) is 0 Å². The third kappa shape index (κ3) is 5.58. The standard InChI is InChI=1S/C8H14N4OS2/c1-2-14-5-3-4-9-8(13)11-7-6-10-12-15-7/h6H,2-5H2,1H3,(H2,9,11,13). The normalized spacial score (nSPS) is 9.93. The van der Waals surface area contributed by atoms with Gasteiger partial charge in [-0.2, -0.15) is 11.8 Å². The van der Waals surface area contributed by atoms with Gasteiger partial charge in [0, 0.05) is 18.1 Å². The first kappa shape index (κ1) is 12.3. The van der Waals surface area contributed by atoms with Crippen LogP contribution in [0.25, 0.3) is 0 Å². The maximum atomic E-state index is 11.3. The van der Waals surface area contributed by atoms with Crippen LogP contribution in [0.3, 0.4) is 0 Å². The Labute approximate surface area is 97.2 Å². The van der Waals surface area contributed by atoms with E-state index in [4.69, 9.17) is 0 Å². The van der Waals surface area contributed by atoms with Gasteiger partial charge >= 0.3 is 6.03 Å². The summed E-state index contributed by atoms with van der Waals surface area (Å²) in [6.45, 7) is 2.83. The van der Waals surface area contributed by atoms with Gasteiger partial charge in [0.2, 0.25) is 0 Å². The van der Waals surface area contributed by atoms with Gasteiger partial charge in [0.1, 0.15) is 5.00 Å². The van der Waals surface area contributed by atoms with Crippen LogP contribution < -0.4 is 10.6 Å². The van der Waals surface area contributed by atoms with Crippen molar-refractivity contribution in [2.24, 2.45) is 0 Å². The number of carbonyl (C=O) groups excluding carboxylic acids is 1. The Bertz CT molecular complexity index is 278. The van der Waals surface area contributed by atoms with E-state index in [2.05, 4.69) is 27.1 Å². The molecule has 0 atom stereocenters. The van der Waals surface area contributed by atoms with E-state index < -0.39 is 0 Å². The van der Waals surface area contributed by atoms with Crippen molar-refractivity contribution in [1.82, 2.24) is 14.9 Å². The third-order valence-corrected chi connectivity index (χ3v) is 3.12. The lowest BCUT2D eigenvalue weighted by atomic mass is 10.5. The summed E-state index contributed by atoms with van der Waals surface area (Å²) in [6.07, 6.45) is 2.52. The fourth-order valence-corrected chi connectivity index (χ4v) is 1.95. The molecule has 0 spiro atoms. The number of rotatable bonds is 6. The van der Waals surface area contributed by atoms with Crippen molar-refractivity contribution in [2.75, 3.05) is 23.4 Å². The number of anilines is 1. The van der Waals surface area contributed by atoms with E-state index >= 15 is 0 Å². The zero-order valence-corrected chi connectivity index (χ0v) is 10.2. The number of hydrogen-bond donors (Lipinski definition) is 2. The summed E-state index contributed by atoms with van der Waals surface area (Å²) in [5.41, 5.74) is 0. The van der Waals surface area contributed by atoms with Gasteiger partial charge in [0.05, 0.1) is 6.20 Å². The van der Waals surface area contributed by atoms with Gasteiger partial charge in [-0.1, -0.05) is 11.4 Å². The van der Waals surface area contributed by atoms with Gasteiger partial charge in [-0.3, -0.25) is 5.32 Å². The molecule has 1 aromatic heterocycles. The molecular formula is C8H14N4OS2. The SMILES string of the molecule is CCSCCCNC(=O)Nc1cnns1. The molecular weight excluding hydrogens is 232 g/mol. The summed E-state index contributed by atoms with van der Waals surface area (Å²) < 4.78 is 3.64. The van der Waals surface area contributed by atoms with Gasteiger partial charge in [0.15, 0.2) is 0 Å². The molecule has 0 fully saturated rings. The van der Waals surface area contributed by atoms with Crippen LogP contribution in [0.1, 0.15) is 13.3 Å². The highest BCUT2D eigenvalue weighted by Gasteiger charge is 2.01. The molecule has 84 valence electrons. The number of aromatic nitrogens is 2. The highest BCUT2D eigenvalue weighted by atomic mass is 32.2. The maximum absolute atomic E-state index is 11.3. The summed E-state index contributed by atoms with van der Waals surface area (Å²) in [5.74, 6) is 2.21. The molecule has 0 aliphatic rings. The van der Waals surface area contributed by atoms with Crippen LogP contribution in [-0.4, -0.2) is 33.7 Å². The number of hydrogen-bond acceptors (Lipinski definition) is 5. The molecule has 1 heterocycles. The average Bonchev–Trinajstić information content (AvgIpc) is 2.70. The lowest BCUT2D eigenvalue weighted by Gasteiger charge is -2.04. The molecule has 15 heavy (non-hydrogen) atoms. The van der Waals surface area contributed by atoms with Gasteiger partial charge in [-0.15, -0.1) is 5.10 Å². The Kier molecular flexibility index (Phi) is 6.10. The maximum Gasteiger partial charge on any atom is 0.319 e. The zero-order valence-electron chi connectivity index (χ0n) is 8.52. The minimum absolute atomic E-state index is 0.192. The molecule has 0 aliphatic heterocycles. The van der Waals surface area contributed by atoms with E-state index in [0.29, 0.717) is 11.5 Å². The van der Waals surface area contributed by atoms with Gasteiger partial charge in [-0.05, 0) is 17.9 Å². The molecule has 0 bridgehead atoms. The molecule has 5 nitrogen and oxygen atoms in total. The largest absolute Gasteiger partial charge is 0.338 e. The van der Waals surface area contributed by atoms with Crippen molar-refractivity contribution >= 4 is 34.3 Å². The van der Waals surface area contributed by atoms with E-state index in [1.165, 1.54) is 6.20 Å². The minimum Gasteiger partial charge on any atom is -0.338 e. The van der Waals surface area contributed by atoms with E-state index in [9.17, 15) is 4.79 Å². The van der Waals surface area contributed by atoms with Crippen LogP contribution in [0.15, 0.2) is 6.20 Å². The van der Waals surface area contributed by atoms with Crippen LogP contribution in [0, 0.1) is 0 Å².